The van der Waals surface area contributed by atoms with Gasteiger partial charge in [0.15, 0.2) is 0 Å². The van der Waals surface area contributed by atoms with Crippen molar-refractivity contribution in [3.8, 4) is 5.75 Å². The molecule has 0 fully saturated rings. The normalized spacial score (nSPS) is 15.4. The minimum atomic E-state index is 0.492. The standard InChI is InChI=1S/C19H21NO3/c1-22-13-17-15-8-5-9-18(20-21)16(15)10-11-19(17)23-12-14-6-3-2-4-7-14/h2-4,6-7,10-11,21H,5,8-9,12-13H2,1H3/b20-18+. The molecule has 0 saturated carbocycles. The van der Waals surface area contributed by atoms with Crippen molar-refractivity contribution in [2.45, 2.75) is 32.5 Å². The van der Waals surface area contributed by atoms with Crippen LogP contribution in [0.5, 0.6) is 5.75 Å². The van der Waals surface area contributed by atoms with Crippen LogP contribution in [-0.2, 0) is 24.4 Å². The maximum Gasteiger partial charge on any atom is 0.125 e. The molecular weight excluding hydrogens is 290 g/mol. The zero-order valence-corrected chi connectivity index (χ0v) is 13.3. The quantitative estimate of drug-likeness (QED) is 0.672. The number of rotatable bonds is 5. The molecule has 2 aromatic carbocycles. The van der Waals surface area contributed by atoms with Gasteiger partial charge in [-0.05, 0) is 42.5 Å². The minimum absolute atomic E-state index is 0.492. The molecule has 0 spiro atoms. The summed E-state index contributed by atoms with van der Waals surface area (Å²) in [7, 11) is 1.68. The fourth-order valence-corrected chi connectivity index (χ4v) is 3.07. The van der Waals surface area contributed by atoms with Gasteiger partial charge in [-0.1, -0.05) is 35.5 Å². The van der Waals surface area contributed by atoms with E-state index in [1.54, 1.807) is 7.11 Å². The van der Waals surface area contributed by atoms with Crippen LogP contribution in [-0.4, -0.2) is 18.0 Å². The highest BCUT2D eigenvalue weighted by atomic mass is 16.5. The van der Waals surface area contributed by atoms with Crippen LogP contribution >= 0.6 is 0 Å². The van der Waals surface area contributed by atoms with Gasteiger partial charge >= 0.3 is 0 Å². The lowest BCUT2D eigenvalue weighted by molar-refractivity contribution is 0.178. The van der Waals surface area contributed by atoms with Crippen molar-refractivity contribution in [3.05, 3.63) is 64.7 Å². The molecule has 1 N–H and O–H groups in total. The average molecular weight is 311 g/mol. The van der Waals surface area contributed by atoms with Gasteiger partial charge in [-0.2, -0.15) is 0 Å². The van der Waals surface area contributed by atoms with E-state index in [1.807, 2.05) is 42.5 Å². The summed E-state index contributed by atoms with van der Waals surface area (Å²) in [5, 5.41) is 12.7. The monoisotopic (exact) mass is 311 g/mol. The molecule has 0 amide bonds. The predicted octanol–water partition coefficient (Wildman–Crippen LogP) is 3.93. The van der Waals surface area contributed by atoms with Crippen LogP contribution in [0, 0.1) is 0 Å². The lowest BCUT2D eigenvalue weighted by Crippen LogP contribution is -2.15. The highest BCUT2D eigenvalue weighted by molar-refractivity contribution is 6.02. The fourth-order valence-electron chi connectivity index (χ4n) is 3.07. The number of ether oxygens (including phenoxy) is 2. The Kier molecular flexibility index (Phi) is 4.93. The topological polar surface area (TPSA) is 51.0 Å². The lowest BCUT2D eigenvalue weighted by Gasteiger charge is -2.22. The average Bonchev–Trinajstić information content (AvgIpc) is 2.61. The number of hydrogen-bond acceptors (Lipinski definition) is 4. The number of nitrogens with zero attached hydrogens (tertiary/aromatic N) is 1. The molecule has 23 heavy (non-hydrogen) atoms. The molecule has 4 nitrogen and oxygen atoms in total. The van der Waals surface area contributed by atoms with E-state index in [-0.39, 0.29) is 0 Å². The first-order valence-electron chi connectivity index (χ1n) is 7.85. The number of hydrogen-bond donors (Lipinski definition) is 1. The Bertz CT molecular complexity index is 695. The largest absolute Gasteiger partial charge is 0.489 e. The van der Waals surface area contributed by atoms with Gasteiger partial charge in [-0.3, -0.25) is 0 Å². The second kappa shape index (κ2) is 7.29. The van der Waals surface area contributed by atoms with Gasteiger partial charge in [-0.25, -0.2) is 0 Å². The third-order valence-electron chi connectivity index (χ3n) is 4.19. The van der Waals surface area contributed by atoms with Crippen LogP contribution in [0.2, 0.25) is 0 Å². The maximum absolute atomic E-state index is 9.21. The second-order valence-corrected chi connectivity index (χ2v) is 5.68. The summed E-state index contributed by atoms with van der Waals surface area (Å²) in [6, 6.07) is 14.0. The summed E-state index contributed by atoms with van der Waals surface area (Å²) in [4.78, 5) is 0. The Morgan fingerprint density at radius 1 is 1.04 bits per heavy atom. The molecule has 0 atom stereocenters. The van der Waals surface area contributed by atoms with E-state index in [9.17, 15) is 5.21 Å². The summed E-state index contributed by atoms with van der Waals surface area (Å²) in [6.07, 6.45) is 2.74. The van der Waals surface area contributed by atoms with Gasteiger partial charge in [0.1, 0.15) is 12.4 Å². The third-order valence-corrected chi connectivity index (χ3v) is 4.19. The van der Waals surface area contributed by atoms with Crippen molar-refractivity contribution in [1.82, 2.24) is 0 Å². The zero-order chi connectivity index (χ0) is 16.1. The van der Waals surface area contributed by atoms with E-state index < -0.39 is 0 Å². The van der Waals surface area contributed by atoms with E-state index >= 15 is 0 Å². The maximum atomic E-state index is 9.21. The first-order valence-corrected chi connectivity index (χ1v) is 7.85. The third kappa shape index (κ3) is 3.37. The number of benzene rings is 2. The first-order chi connectivity index (χ1) is 11.3. The number of fused-ring (bicyclic) bond motifs is 1. The van der Waals surface area contributed by atoms with Crippen molar-refractivity contribution in [2.75, 3.05) is 7.11 Å². The SMILES string of the molecule is COCc1c(OCc2ccccc2)ccc2c1CCC/C2=N\O. The Balaban J connectivity index is 1.91. The molecule has 3 rings (SSSR count). The van der Waals surface area contributed by atoms with Gasteiger partial charge in [-0.15, -0.1) is 0 Å². The lowest BCUT2D eigenvalue weighted by atomic mass is 9.86. The summed E-state index contributed by atoms with van der Waals surface area (Å²) in [5.41, 5.74) is 5.13. The van der Waals surface area contributed by atoms with E-state index in [0.29, 0.717) is 13.2 Å². The van der Waals surface area contributed by atoms with Gasteiger partial charge in [0, 0.05) is 18.2 Å². The van der Waals surface area contributed by atoms with Crippen LogP contribution < -0.4 is 4.74 Å². The van der Waals surface area contributed by atoms with Crippen molar-refractivity contribution in [1.29, 1.82) is 0 Å². The molecule has 0 aliphatic heterocycles. The molecule has 0 aromatic heterocycles. The summed E-state index contributed by atoms with van der Waals surface area (Å²) in [6.45, 7) is 1.02. The van der Waals surface area contributed by atoms with Crippen molar-refractivity contribution >= 4 is 5.71 Å². The fraction of sp³-hybridized carbons (Fsp3) is 0.316. The molecule has 0 saturated heterocycles. The zero-order valence-electron chi connectivity index (χ0n) is 13.3. The molecule has 1 aliphatic carbocycles. The van der Waals surface area contributed by atoms with Crippen LogP contribution in [0.1, 0.15) is 35.1 Å². The highest BCUT2D eigenvalue weighted by Gasteiger charge is 2.21. The predicted molar refractivity (Wildman–Crippen MR) is 89.2 cm³/mol. The minimum Gasteiger partial charge on any atom is -0.489 e. The highest BCUT2D eigenvalue weighted by Crippen LogP contribution is 2.32. The number of oxime groups is 1. The van der Waals surface area contributed by atoms with Crippen LogP contribution in [0.3, 0.4) is 0 Å². The Hall–Kier alpha value is -2.33. The van der Waals surface area contributed by atoms with Crippen LogP contribution in [0.4, 0.5) is 0 Å². The van der Waals surface area contributed by atoms with Gasteiger partial charge in [0.05, 0.1) is 12.3 Å². The molecule has 120 valence electrons. The van der Waals surface area contributed by atoms with Gasteiger partial charge < -0.3 is 14.7 Å². The van der Waals surface area contributed by atoms with Crippen molar-refractivity contribution in [3.63, 3.8) is 0 Å². The van der Waals surface area contributed by atoms with Gasteiger partial charge in [0.2, 0.25) is 0 Å². The molecule has 1 aliphatic rings. The Labute approximate surface area is 136 Å². The van der Waals surface area contributed by atoms with E-state index in [1.165, 1.54) is 5.56 Å². The van der Waals surface area contributed by atoms with E-state index in [2.05, 4.69) is 5.16 Å². The molecule has 0 unspecified atom stereocenters. The summed E-state index contributed by atoms with van der Waals surface area (Å²) < 4.78 is 11.4. The molecular formula is C19H21NO3. The second-order valence-electron chi connectivity index (χ2n) is 5.68. The molecule has 4 heteroatoms. The molecule has 0 bridgehead atoms. The Morgan fingerprint density at radius 2 is 1.87 bits per heavy atom. The molecule has 2 aromatic rings. The summed E-state index contributed by atoms with van der Waals surface area (Å²) in [5.74, 6) is 0.841. The van der Waals surface area contributed by atoms with Crippen LogP contribution in [0.25, 0.3) is 0 Å². The molecule has 0 radical (unpaired) electrons. The van der Waals surface area contributed by atoms with Crippen molar-refractivity contribution in [2.24, 2.45) is 5.16 Å². The molecule has 0 heterocycles. The van der Waals surface area contributed by atoms with Crippen LogP contribution in [0.15, 0.2) is 47.6 Å². The van der Waals surface area contributed by atoms with Gasteiger partial charge in [0.25, 0.3) is 0 Å². The Morgan fingerprint density at radius 3 is 2.61 bits per heavy atom. The summed E-state index contributed by atoms with van der Waals surface area (Å²) >= 11 is 0. The van der Waals surface area contributed by atoms with Crippen molar-refractivity contribution < 1.29 is 14.7 Å². The van der Waals surface area contributed by atoms with E-state index in [4.69, 9.17) is 9.47 Å². The number of methoxy groups -OCH3 is 1. The van der Waals surface area contributed by atoms with E-state index in [0.717, 1.165) is 47.4 Å². The first kappa shape index (κ1) is 15.6. The smallest absolute Gasteiger partial charge is 0.125 e.